The lowest BCUT2D eigenvalue weighted by molar-refractivity contribution is 0.0971. The van der Waals surface area contributed by atoms with Crippen LogP contribution in [-0.4, -0.2) is 22.4 Å². The van der Waals surface area contributed by atoms with Gasteiger partial charge in [0, 0.05) is 12.0 Å². The SMILES string of the molecule is CC(C)(C)n1nc(-c2ccc3c(c2)OCO3)c2c1CCCC2=O. The van der Waals surface area contributed by atoms with Crippen LogP contribution in [0.3, 0.4) is 0 Å². The summed E-state index contributed by atoms with van der Waals surface area (Å²) in [6.45, 7) is 6.58. The van der Waals surface area contributed by atoms with Crippen molar-refractivity contribution in [3.8, 4) is 22.8 Å². The smallest absolute Gasteiger partial charge is 0.231 e. The number of hydrogen-bond acceptors (Lipinski definition) is 4. The zero-order chi connectivity index (χ0) is 16.2. The van der Waals surface area contributed by atoms with Gasteiger partial charge >= 0.3 is 0 Å². The van der Waals surface area contributed by atoms with Crippen molar-refractivity contribution in [1.82, 2.24) is 9.78 Å². The Kier molecular flexibility index (Phi) is 3.01. The molecule has 1 aliphatic carbocycles. The van der Waals surface area contributed by atoms with Crippen molar-refractivity contribution in [3.63, 3.8) is 0 Å². The van der Waals surface area contributed by atoms with Gasteiger partial charge in [-0.2, -0.15) is 5.10 Å². The van der Waals surface area contributed by atoms with Crippen LogP contribution in [0.4, 0.5) is 0 Å². The van der Waals surface area contributed by atoms with Crippen LogP contribution in [0.15, 0.2) is 18.2 Å². The van der Waals surface area contributed by atoms with Crippen LogP contribution in [0.25, 0.3) is 11.3 Å². The highest BCUT2D eigenvalue weighted by molar-refractivity contribution is 6.03. The summed E-state index contributed by atoms with van der Waals surface area (Å²) in [5.41, 5.74) is 3.35. The molecule has 0 atom stereocenters. The largest absolute Gasteiger partial charge is 0.454 e. The Bertz CT molecular complexity index is 799. The lowest BCUT2D eigenvalue weighted by atomic mass is 9.91. The van der Waals surface area contributed by atoms with E-state index in [1.165, 1.54) is 0 Å². The van der Waals surface area contributed by atoms with Crippen LogP contribution in [-0.2, 0) is 12.0 Å². The molecule has 2 aromatic rings. The predicted octanol–water partition coefficient (Wildman–Crippen LogP) is 3.55. The number of benzene rings is 1. The van der Waals surface area contributed by atoms with Gasteiger partial charge in [0.15, 0.2) is 17.3 Å². The van der Waals surface area contributed by atoms with Crippen molar-refractivity contribution in [1.29, 1.82) is 0 Å². The molecule has 0 bridgehead atoms. The number of carbonyl (C=O) groups is 1. The zero-order valence-electron chi connectivity index (χ0n) is 13.7. The van der Waals surface area contributed by atoms with E-state index in [4.69, 9.17) is 14.6 Å². The Labute approximate surface area is 135 Å². The number of nitrogens with zero attached hydrogens (tertiary/aromatic N) is 2. The quantitative estimate of drug-likeness (QED) is 0.808. The van der Waals surface area contributed by atoms with E-state index < -0.39 is 0 Å². The summed E-state index contributed by atoms with van der Waals surface area (Å²) in [7, 11) is 0. The fourth-order valence-corrected chi connectivity index (χ4v) is 3.32. The van der Waals surface area contributed by atoms with E-state index in [9.17, 15) is 4.79 Å². The maximum absolute atomic E-state index is 12.5. The minimum atomic E-state index is -0.156. The van der Waals surface area contributed by atoms with Gasteiger partial charge in [-0.25, -0.2) is 0 Å². The third-order valence-corrected chi connectivity index (χ3v) is 4.36. The first-order chi connectivity index (χ1) is 10.9. The third-order valence-electron chi connectivity index (χ3n) is 4.36. The molecule has 0 spiro atoms. The van der Waals surface area contributed by atoms with Crippen LogP contribution in [0.2, 0.25) is 0 Å². The maximum atomic E-state index is 12.5. The molecule has 4 rings (SSSR count). The average molecular weight is 312 g/mol. The van der Waals surface area contributed by atoms with Crippen molar-refractivity contribution in [2.75, 3.05) is 6.79 Å². The molecule has 1 aromatic carbocycles. The molecule has 120 valence electrons. The first-order valence-corrected chi connectivity index (χ1v) is 8.01. The summed E-state index contributed by atoms with van der Waals surface area (Å²) in [6.07, 6.45) is 2.39. The Morgan fingerprint density at radius 3 is 2.70 bits per heavy atom. The van der Waals surface area contributed by atoms with Crippen LogP contribution in [0, 0.1) is 0 Å². The predicted molar refractivity (Wildman–Crippen MR) is 86.1 cm³/mol. The molecular formula is C18H20N2O3. The van der Waals surface area contributed by atoms with Crippen molar-refractivity contribution >= 4 is 5.78 Å². The Balaban J connectivity index is 1.92. The van der Waals surface area contributed by atoms with Gasteiger partial charge in [-0.05, 0) is 51.8 Å². The molecular weight excluding hydrogens is 292 g/mol. The molecule has 0 unspecified atom stereocenters. The second-order valence-electron chi connectivity index (χ2n) is 7.10. The highest BCUT2D eigenvalue weighted by Gasteiger charge is 2.31. The number of rotatable bonds is 1. The highest BCUT2D eigenvalue weighted by atomic mass is 16.7. The second kappa shape index (κ2) is 4.85. The first kappa shape index (κ1) is 14.3. The standard InChI is InChI=1S/C18H20N2O3/c1-18(2,3)20-12-5-4-6-13(21)16(12)17(19-20)11-7-8-14-15(9-11)23-10-22-14/h7-9H,4-6,10H2,1-3H3. The van der Waals surface area contributed by atoms with Crippen molar-refractivity contribution in [2.24, 2.45) is 0 Å². The van der Waals surface area contributed by atoms with E-state index in [2.05, 4.69) is 20.8 Å². The van der Waals surface area contributed by atoms with E-state index in [0.717, 1.165) is 41.1 Å². The van der Waals surface area contributed by atoms with Gasteiger partial charge in [-0.15, -0.1) is 0 Å². The number of carbonyl (C=O) groups excluding carboxylic acids is 1. The molecule has 2 aliphatic rings. The number of fused-ring (bicyclic) bond motifs is 2. The van der Waals surface area contributed by atoms with Gasteiger partial charge in [0.25, 0.3) is 0 Å². The molecule has 0 saturated heterocycles. The van der Waals surface area contributed by atoms with Gasteiger partial charge in [0.05, 0.1) is 16.8 Å². The van der Waals surface area contributed by atoms with E-state index in [0.29, 0.717) is 12.2 Å². The van der Waals surface area contributed by atoms with Gasteiger partial charge < -0.3 is 9.47 Å². The molecule has 23 heavy (non-hydrogen) atoms. The lowest BCUT2D eigenvalue weighted by Crippen LogP contribution is -2.27. The molecule has 0 saturated carbocycles. The molecule has 5 nitrogen and oxygen atoms in total. The molecule has 0 amide bonds. The zero-order valence-corrected chi connectivity index (χ0v) is 13.7. The van der Waals surface area contributed by atoms with Gasteiger partial charge in [0.1, 0.15) is 5.69 Å². The monoisotopic (exact) mass is 312 g/mol. The molecule has 0 fully saturated rings. The normalized spacial score (nSPS) is 16.6. The Morgan fingerprint density at radius 1 is 1.13 bits per heavy atom. The summed E-state index contributed by atoms with van der Waals surface area (Å²) < 4.78 is 12.8. The lowest BCUT2D eigenvalue weighted by Gasteiger charge is -2.24. The van der Waals surface area contributed by atoms with Crippen molar-refractivity contribution in [2.45, 2.75) is 45.6 Å². The number of aromatic nitrogens is 2. The number of ether oxygens (including phenoxy) is 2. The first-order valence-electron chi connectivity index (χ1n) is 8.01. The van der Waals surface area contributed by atoms with Crippen LogP contribution >= 0.6 is 0 Å². The van der Waals surface area contributed by atoms with Gasteiger partial charge in [0.2, 0.25) is 6.79 Å². The fraction of sp³-hybridized carbons (Fsp3) is 0.444. The van der Waals surface area contributed by atoms with Crippen LogP contribution in [0.1, 0.15) is 49.7 Å². The Hall–Kier alpha value is -2.30. The second-order valence-corrected chi connectivity index (χ2v) is 7.10. The minimum Gasteiger partial charge on any atom is -0.454 e. The van der Waals surface area contributed by atoms with E-state index >= 15 is 0 Å². The summed E-state index contributed by atoms with van der Waals surface area (Å²) in [5.74, 6) is 1.64. The average Bonchev–Trinajstić information content (AvgIpc) is 3.10. The highest BCUT2D eigenvalue weighted by Crippen LogP contribution is 2.39. The molecule has 0 N–H and O–H groups in total. The number of ketones is 1. The summed E-state index contributed by atoms with van der Waals surface area (Å²) in [4.78, 5) is 12.5. The molecule has 0 radical (unpaired) electrons. The topological polar surface area (TPSA) is 53.4 Å². The molecule has 1 aliphatic heterocycles. The van der Waals surface area contributed by atoms with Crippen LogP contribution in [0.5, 0.6) is 11.5 Å². The summed E-state index contributed by atoms with van der Waals surface area (Å²) in [6, 6.07) is 5.75. The minimum absolute atomic E-state index is 0.156. The summed E-state index contributed by atoms with van der Waals surface area (Å²) in [5, 5.41) is 4.81. The van der Waals surface area contributed by atoms with Gasteiger partial charge in [-0.1, -0.05) is 0 Å². The third kappa shape index (κ3) is 2.22. The maximum Gasteiger partial charge on any atom is 0.231 e. The van der Waals surface area contributed by atoms with Crippen LogP contribution < -0.4 is 9.47 Å². The van der Waals surface area contributed by atoms with Crippen molar-refractivity contribution < 1.29 is 14.3 Å². The van der Waals surface area contributed by atoms with E-state index in [-0.39, 0.29) is 18.1 Å². The molecule has 1 aromatic heterocycles. The summed E-state index contributed by atoms with van der Waals surface area (Å²) >= 11 is 0. The fourth-order valence-electron chi connectivity index (χ4n) is 3.32. The molecule has 5 heteroatoms. The Morgan fingerprint density at radius 2 is 1.91 bits per heavy atom. The van der Waals surface area contributed by atoms with E-state index in [1.807, 2.05) is 22.9 Å². The number of Topliss-reactive ketones (excluding diaryl/α,β-unsaturated/α-hetero) is 1. The van der Waals surface area contributed by atoms with Crippen molar-refractivity contribution in [3.05, 3.63) is 29.5 Å². The van der Waals surface area contributed by atoms with E-state index in [1.54, 1.807) is 0 Å². The van der Waals surface area contributed by atoms with Gasteiger partial charge in [-0.3, -0.25) is 9.48 Å². The molecule has 2 heterocycles. The number of hydrogen-bond donors (Lipinski definition) is 0.